The van der Waals surface area contributed by atoms with E-state index in [1.807, 2.05) is 0 Å². The molecule has 1 saturated heterocycles. The van der Waals surface area contributed by atoms with E-state index in [4.69, 9.17) is 23.7 Å². The van der Waals surface area contributed by atoms with Crippen LogP contribution in [0.2, 0.25) is 0 Å². The molecule has 2 unspecified atom stereocenters. The van der Waals surface area contributed by atoms with Gasteiger partial charge in [-0.25, -0.2) is 0 Å². The van der Waals surface area contributed by atoms with Crippen LogP contribution in [0.5, 0.6) is 40.2 Å². The first kappa shape index (κ1) is 35.8. The fraction of sp³-hybridized carbons (Fsp3) is 0.467. The van der Waals surface area contributed by atoms with Crippen molar-refractivity contribution in [3.63, 3.8) is 0 Å². The largest absolute Gasteiger partial charge is 0.493 e. The minimum atomic E-state index is 0.0355. The molecule has 9 rings (SSSR count). The van der Waals surface area contributed by atoms with Crippen molar-refractivity contribution in [1.82, 2.24) is 14.7 Å². The van der Waals surface area contributed by atoms with Gasteiger partial charge in [0.2, 0.25) is 5.75 Å². The van der Waals surface area contributed by atoms with Crippen LogP contribution in [0.1, 0.15) is 76.7 Å². The summed E-state index contributed by atoms with van der Waals surface area (Å²) < 4.78 is 32.0. The Hall–Kier alpha value is -4.24. The van der Waals surface area contributed by atoms with Gasteiger partial charge in [0.15, 0.2) is 23.0 Å². The molecule has 5 heterocycles. The van der Waals surface area contributed by atoms with Gasteiger partial charge in [0.25, 0.3) is 0 Å². The summed E-state index contributed by atoms with van der Waals surface area (Å²) in [6.45, 7) is 5.59. The van der Waals surface area contributed by atoms with Crippen molar-refractivity contribution < 1.29 is 23.7 Å². The van der Waals surface area contributed by atoms with Crippen LogP contribution in [-0.4, -0.2) is 82.8 Å². The molecule has 4 aromatic rings. The monoisotopic (exact) mass is 717 g/mol. The highest BCUT2D eigenvalue weighted by Crippen LogP contribution is 2.52. The molecule has 0 saturated carbocycles. The lowest BCUT2D eigenvalue weighted by atomic mass is 9.87. The number of nitrogens with zero attached hydrogens (tertiary/aromatic N) is 3. The number of hydrogen-bond acceptors (Lipinski definition) is 8. The summed E-state index contributed by atoms with van der Waals surface area (Å²) in [6, 6.07) is 22.4. The van der Waals surface area contributed by atoms with Crippen molar-refractivity contribution in [1.29, 1.82) is 0 Å². The Balaban J connectivity index is 1.24. The number of ether oxygens (including phenoxy) is 5. The number of likely N-dealkylation sites (N-methyl/N-ethyl adjacent to an activating group) is 2. The van der Waals surface area contributed by atoms with Gasteiger partial charge in [-0.2, -0.15) is 0 Å². The topological polar surface area (TPSA) is 55.9 Å². The van der Waals surface area contributed by atoms with E-state index < -0.39 is 0 Å². The summed E-state index contributed by atoms with van der Waals surface area (Å²) in [5.74, 6) is 5.21. The summed E-state index contributed by atoms with van der Waals surface area (Å²) in [6.07, 6.45) is 9.52. The Morgan fingerprint density at radius 2 is 1.36 bits per heavy atom. The highest BCUT2D eigenvalue weighted by Gasteiger charge is 2.34. The Labute approximate surface area is 315 Å². The molecular formula is C45H55N3O5. The van der Waals surface area contributed by atoms with Crippen molar-refractivity contribution in [2.75, 3.05) is 68.1 Å². The van der Waals surface area contributed by atoms with Crippen molar-refractivity contribution in [3.8, 4) is 40.2 Å². The molecule has 5 aliphatic heterocycles. The smallest absolute Gasteiger partial charge is 0.204 e. The zero-order valence-corrected chi connectivity index (χ0v) is 32.2. The first-order valence-corrected chi connectivity index (χ1v) is 19.6. The highest BCUT2D eigenvalue weighted by atomic mass is 16.5. The number of methoxy groups -OCH3 is 3. The molecule has 0 aromatic heterocycles. The number of unbranched alkanes of at least 4 members (excludes halogenated alkanes) is 1. The van der Waals surface area contributed by atoms with Crippen molar-refractivity contribution >= 4 is 0 Å². The van der Waals surface area contributed by atoms with E-state index in [0.717, 1.165) is 74.4 Å². The summed E-state index contributed by atoms with van der Waals surface area (Å²) in [7, 11) is 9.57. The van der Waals surface area contributed by atoms with E-state index in [0.29, 0.717) is 23.0 Å². The first-order valence-electron chi connectivity index (χ1n) is 19.6. The van der Waals surface area contributed by atoms with Crippen LogP contribution < -0.4 is 23.7 Å². The van der Waals surface area contributed by atoms with Crippen LogP contribution in [-0.2, 0) is 32.1 Å². The zero-order valence-electron chi connectivity index (χ0n) is 32.2. The lowest BCUT2D eigenvalue weighted by Crippen LogP contribution is -2.34. The average Bonchev–Trinajstić information content (AvgIpc) is 3.70. The number of rotatable bonds is 8. The molecule has 5 aliphatic rings. The number of benzene rings is 4. The minimum absolute atomic E-state index is 0.0355. The molecule has 0 aliphatic carbocycles. The molecule has 8 nitrogen and oxygen atoms in total. The van der Waals surface area contributed by atoms with Crippen LogP contribution >= 0.6 is 0 Å². The van der Waals surface area contributed by atoms with Gasteiger partial charge in [-0.15, -0.1) is 0 Å². The predicted octanol–water partition coefficient (Wildman–Crippen LogP) is 8.57. The maximum absolute atomic E-state index is 7.12. The normalized spacial score (nSPS) is 20.2. The Morgan fingerprint density at radius 3 is 2.11 bits per heavy atom. The number of aryl methyl sites for hydroxylation is 1. The summed E-state index contributed by atoms with van der Waals surface area (Å²) in [4.78, 5) is 7.52. The van der Waals surface area contributed by atoms with E-state index in [2.05, 4.69) is 89.5 Å². The van der Waals surface area contributed by atoms with Crippen LogP contribution in [0.3, 0.4) is 0 Å². The lowest BCUT2D eigenvalue weighted by Gasteiger charge is -2.37. The highest BCUT2D eigenvalue weighted by molar-refractivity contribution is 5.63. The zero-order chi connectivity index (χ0) is 36.5. The average molecular weight is 718 g/mol. The van der Waals surface area contributed by atoms with Crippen LogP contribution in [0.15, 0.2) is 60.7 Å². The first-order chi connectivity index (χ1) is 25.9. The number of likely N-dealkylation sites (tertiary alicyclic amines) is 1. The quantitative estimate of drug-likeness (QED) is 0.168. The van der Waals surface area contributed by atoms with Gasteiger partial charge in [-0.3, -0.25) is 9.80 Å². The third kappa shape index (κ3) is 7.34. The molecule has 53 heavy (non-hydrogen) atoms. The van der Waals surface area contributed by atoms with Gasteiger partial charge >= 0.3 is 0 Å². The second-order valence-corrected chi connectivity index (χ2v) is 15.4. The molecule has 280 valence electrons. The van der Waals surface area contributed by atoms with Gasteiger partial charge in [0, 0.05) is 30.7 Å². The molecule has 0 amide bonds. The fourth-order valence-electron chi connectivity index (χ4n) is 9.03. The van der Waals surface area contributed by atoms with Gasteiger partial charge in [-0.1, -0.05) is 24.3 Å². The molecular weight excluding hydrogens is 663 g/mol. The summed E-state index contributed by atoms with van der Waals surface area (Å²) in [5.41, 5.74) is 8.68. The molecule has 0 spiro atoms. The second-order valence-electron chi connectivity index (χ2n) is 15.4. The van der Waals surface area contributed by atoms with Crippen LogP contribution in [0.25, 0.3) is 0 Å². The molecule has 0 radical (unpaired) electrons. The SMILES string of the molecule is COc1cc2c3cc1Oc1c(OC)c(OC)cc4c1C(Cc1ccc(CCCCN5CCCC5)c(c1)Oc1ccc(cc1)CC3N(C)CC2)N(C)CC4. The maximum atomic E-state index is 7.12. The Bertz CT molecular complexity index is 1920. The third-order valence-electron chi connectivity index (χ3n) is 12.1. The fourth-order valence-corrected chi connectivity index (χ4v) is 9.03. The van der Waals surface area contributed by atoms with E-state index in [9.17, 15) is 0 Å². The van der Waals surface area contributed by atoms with E-state index in [-0.39, 0.29) is 12.1 Å². The molecule has 2 atom stereocenters. The Morgan fingerprint density at radius 1 is 0.660 bits per heavy atom. The van der Waals surface area contributed by atoms with Gasteiger partial charge in [0.05, 0.1) is 21.3 Å². The number of hydrogen-bond donors (Lipinski definition) is 0. The Kier molecular flexibility index (Phi) is 10.5. The van der Waals surface area contributed by atoms with Crippen molar-refractivity contribution in [3.05, 3.63) is 99.6 Å². The van der Waals surface area contributed by atoms with Gasteiger partial charge in [-0.05, 0) is 161 Å². The standard InChI is InChI=1S/C45H55N3O5/c1-46-22-17-33-27-40(49-3)41-29-36(33)37(46)24-30-12-15-35(16-13-30)52-39-26-31(11-14-32(39)10-6-7-19-48-20-8-9-21-48)25-38-43-34(18-23-47(38)2)28-42(50-4)44(51-5)45(43)53-41/h11-16,26-29,37-38H,6-10,17-25H2,1-5H3. The predicted molar refractivity (Wildman–Crippen MR) is 210 cm³/mol. The van der Waals surface area contributed by atoms with Gasteiger partial charge < -0.3 is 28.6 Å². The van der Waals surface area contributed by atoms with Gasteiger partial charge in [0.1, 0.15) is 11.5 Å². The molecule has 1 fully saturated rings. The van der Waals surface area contributed by atoms with Crippen molar-refractivity contribution in [2.24, 2.45) is 0 Å². The van der Waals surface area contributed by atoms with E-state index in [1.165, 1.54) is 72.3 Å². The van der Waals surface area contributed by atoms with Crippen LogP contribution in [0, 0.1) is 0 Å². The molecule has 8 heteroatoms. The summed E-state index contributed by atoms with van der Waals surface area (Å²) in [5, 5.41) is 0. The maximum Gasteiger partial charge on any atom is 0.204 e. The van der Waals surface area contributed by atoms with Crippen LogP contribution in [0.4, 0.5) is 0 Å². The van der Waals surface area contributed by atoms with E-state index >= 15 is 0 Å². The second kappa shape index (κ2) is 15.6. The summed E-state index contributed by atoms with van der Waals surface area (Å²) >= 11 is 0. The van der Waals surface area contributed by atoms with Crippen molar-refractivity contribution in [2.45, 2.75) is 69.9 Å². The lowest BCUT2D eigenvalue weighted by molar-refractivity contribution is 0.220. The molecule has 4 aromatic carbocycles. The number of fused-ring (bicyclic) bond motifs is 2. The van der Waals surface area contributed by atoms with E-state index in [1.54, 1.807) is 21.3 Å². The molecule has 6 bridgehead atoms. The minimum Gasteiger partial charge on any atom is -0.493 e. The molecule has 0 N–H and O–H groups in total. The third-order valence-corrected chi connectivity index (χ3v) is 12.1.